The molecule has 2 aromatic carbocycles. The van der Waals surface area contributed by atoms with Crippen LogP contribution in [0.3, 0.4) is 0 Å². The molecule has 0 aliphatic carbocycles. The molecule has 5 heteroatoms. The van der Waals surface area contributed by atoms with Crippen LogP contribution in [0, 0.1) is 17.1 Å². The second kappa shape index (κ2) is 6.05. The molecule has 19 heavy (non-hydrogen) atoms. The van der Waals surface area contributed by atoms with Gasteiger partial charge in [-0.3, -0.25) is 0 Å². The number of hydrogen-bond acceptors (Lipinski definition) is 2. The molecule has 96 valence electrons. The Hall–Kier alpha value is -1.57. The second-order valence-electron chi connectivity index (χ2n) is 3.88. The van der Waals surface area contributed by atoms with Crippen LogP contribution in [-0.4, -0.2) is 0 Å². The highest BCUT2D eigenvalue weighted by molar-refractivity contribution is 9.10. The number of hydrogen-bond donors (Lipinski definition) is 1. The highest BCUT2D eigenvalue weighted by Gasteiger charge is 2.07. The first kappa shape index (κ1) is 13.9. The molecule has 0 aromatic heterocycles. The molecule has 0 bridgehead atoms. The van der Waals surface area contributed by atoms with Crippen LogP contribution in [0.5, 0.6) is 0 Å². The van der Waals surface area contributed by atoms with Crippen molar-refractivity contribution < 1.29 is 4.39 Å². The zero-order valence-electron chi connectivity index (χ0n) is 9.75. The van der Waals surface area contributed by atoms with E-state index in [1.54, 1.807) is 12.1 Å². The zero-order valence-corrected chi connectivity index (χ0v) is 12.1. The van der Waals surface area contributed by atoms with E-state index in [-0.39, 0.29) is 5.56 Å². The van der Waals surface area contributed by atoms with E-state index in [0.717, 1.165) is 10.0 Å². The summed E-state index contributed by atoms with van der Waals surface area (Å²) in [5.41, 5.74) is 1.44. The fraction of sp³-hybridized carbons (Fsp3) is 0.0714. The quantitative estimate of drug-likeness (QED) is 0.878. The second-order valence-corrected chi connectivity index (χ2v) is 5.14. The van der Waals surface area contributed by atoms with Crippen molar-refractivity contribution in [2.24, 2.45) is 0 Å². The molecule has 0 spiro atoms. The largest absolute Gasteiger partial charge is 0.380 e. The Labute approximate surface area is 123 Å². The predicted octanol–water partition coefficient (Wildman–Crippen LogP) is 4.73. The summed E-state index contributed by atoms with van der Waals surface area (Å²) < 4.78 is 14.2. The maximum absolute atomic E-state index is 13.4. The lowest BCUT2D eigenvalue weighted by molar-refractivity contribution is 0.624. The Bertz CT molecular complexity index is 652. The SMILES string of the molecule is N#Cc1c(F)cccc1NCc1ccc(Br)c(Cl)c1. The van der Waals surface area contributed by atoms with E-state index in [1.807, 2.05) is 24.3 Å². The number of nitriles is 1. The van der Waals surface area contributed by atoms with Crippen molar-refractivity contribution in [1.82, 2.24) is 0 Å². The highest BCUT2D eigenvalue weighted by Crippen LogP contribution is 2.24. The van der Waals surface area contributed by atoms with Gasteiger partial charge in [-0.1, -0.05) is 23.7 Å². The minimum absolute atomic E-state index is 0.0192. The third-order valence-electron chi connectivity index (χ3n) is 2.59. The molecule has 0 saturated heterocycles. The average Bonchev–Trinajstić information content (AvgIpc) is 2.40. The smallest absolute Gasteiger partial charge is 0.143 e. The fourth-order valence-corrected chi connectivity index (χ4v) is 2.08. The molecule has 0 heterocycles. The molecule has 2 aromatic rings. The van der Waals surface area contributed by atoms with Gasteiger partial charge in [-0.15, -0.1) is 0 Å². The van der Waals surface area contributed by atoms with Gasteiger partial charge in [-0.05, 0) is 45.8 Å². The van der Waals surface area contributed by atoms with Crippen molar-refractivity contribution >= 4 is 33.2 Å². The molecule has 1 N–H and O–H groups in total. The maximum Gasteiger partial charge on any atom is 0.143 e. The maximum atomic E-state index is 13.4. The summed E-state index contributed by atoms with van der Waals surface area (Å²) in [6, 6.07) is 11.9. The summed E-state index contributed by atoms with van der Waals surface area (Å²) in [4.78, 5) is 0. The predicted molar refractivity (Wildman–Crippen MR) is 77.6 cm³/mol. The van der Waals surface area contributed by atoms with Crippen LogP contribution in [0.15, 0.2) is 40.9 Å². The molecule has 0 fully saturated rings. The molecule has 0 radical (unpaired) electrons. The fourth-order valence-electron chi connectivity index (χ4n) is 1.63. The van der Waals surface area contributed by atoms with Gasteiger partial charge >= 0.3 is 0 Å². The first-order chi connectivity index (χ1) is 9.11. The van der Waals surface area contributed by atoms with E-state index in [4.69, 9.17) is 16.9 Å². The van der Waals surface area contributed by atoms with E-state index < -0.39 is 5.82 Å². The van der Waals surface area contributed by atoms with Gasteiger partial charge in [0.15, 0.2) is 0 Å². The zero-order chi connectivity index (χ0) is 13.8. The van der Waals surface area contributed by atoms with E-state index >= 15 is 0 Å². The van der Waals surface area contributed by atoms with Gasteiger partial charge in [-0.25, -0.2) is 4.39 Å². The van der Waals surface area contributed by atoms with Crippen LogP contribution in [0.4, 0.5) is 10.1 Å². The van der Waals surface area contributed by atoms with E-state index in [2.05, 4.69) is 21.2 Å². The molecular formula is C14H9BrClFN2. The molecule has 0 unspecified atom stereocenters. The summed E-state index contributed by atoms with van der Waals surface area (Å²) in [7, 11) is 0. The number of rotatable bonds is 3. The molecule has 2 rings (SSSR count). The third-order valence-corrected chi connectivity index (χ3v) is 3.82. The molecular weight excluding hydrogens is 331 g/mol. The average molecular weight is 340 g/mol. The lowest BCUT2D eigenvalue weighted by atomic mass is 10.1. The minimum Gasteiger partial charge on any atom is -0.380 e. The Morgan fingerprint density at radius 3 is 2.79 bits per heavy atom. The van der Waals surface area contributed by atoms with Crippen molar-refractivity contribution in [3.63, 3.8) is 0 Å². The Morgan fingerprint density at radius 1 is 1.32 bits per heavy atom. The molecule has 0 atom stereocenters. The normalized spacial score (nSPS) is 10.0. The van der Waals surface area contributed by atoms with Gasteiger partial charge in [0.05, 0.1) is 10.7 Å². The van der Waals surface area contributed by atoms with E-state index in [1.165, 1.54) is 6.07 Å². The van der Waals surface area contributed by atoms with Crippen molar-refractivity contribution in [2.45, 2.75) is 6.54 Å². The molecule has 0 saturated carbocycles. The molecule has 0 aliphatic heterocycles. The van der Waals surface area contributed by atoms with Crippen LogP contribution in [0.2, 0.25) is 5.02 Å². The number of nitrogens with one attached hydrogen (secondary N) is 1. The standard InChI is InChI=1S/C14H9BrClFN2/c15-11-5-4-9(6-12(11)16)8-19-14-3-1-2-13(17)10(14)7-18/h1-6,19H,8H2. The first-order valence-electron chi connectivity index (χ1n) is 5.48. The van der Waals surface area contributed by atoms with Crippen LogP contribution in [0.25, 0.3) is 0 Å². The van der Waals surface area contributed by atoms with Gasteiger partial charge in [0, 0.05) is 11.0 Å². The van der Waals surface area contributed by atoms with Gasteiger partial charge < -0.3 is 5.32 Å². The summed E-state index contributed by atoms with van der Waals surface area (Å²) in [5.74, 6) is -0.527. The van der Waals surface area contributed by atoms with Crippen molar-refractivity contribution in [1.29, 1.82) is 5.26 Å². The van der Waals surface area contributed by atoms with E-state index in [0.29, 0.717) is 17.3 Å². The lowest BCUT2D eigenvalue weighted by Crippen LogP contribution is -2.02. The Morgan fingerprint density at radius 2 is 2.11 bits per heavy atom. The van der Waals surface area contributed by atoms with Gasteiger partial charge in [0.2, 0.25) is 0 Å². The Kier molecular flexibility index (Phi) is 4.41. The van der Waals surface area contributed by atoms with Crippen LogP contribution < -0.4 is 5.32 Å². The van der Waals surface area contributed by atoms with Gasteiger partial charge in [-0.2, -0.15) is 5.26 Å². The molecule has 2 nitrogen and oxygen atoms in total. The van der Waals surface area contributed by atoms with Crippen LogP contribution >= 0.6 is 27.5 Å². The van der Waals surface area contributed by atoms with Crippen molar-refractivity contribution in [2.75, 3.05) is 5.32 Å². The minimum atomic E-state index is -0.527. The van der Waals surface area contributed by atoms with Crippen molar-refractivity contribution in [3.05, 3.63) is 62.8 Å². The summed E-state index contributed by atoms with van der Waals surface area (Å²) in [6.07, 6.45) is 0. The third kappa shape index (κ3) is 3.25. The van der Waals surface area contributed by atoms with Crippen LogP contribution in [0.1, 0.15) is 11.1 Å². The van der Waals surface area contributed by atoms with Crippen LogP contribution in [-0.2, 0) is 6.54 Å². The molecule has 0 aliphatic rings. The Balaban J connectivity index is 2.17. The number of benzene rings is 2. The summed E-state index contributed by atoms with van der Waals surface area (Å²) >= 11 is 9.31. The van der Waals surface area contributed by atoms with E-state index in [9.17, 15) is 4.39 Å². The molecule has 0 amide bonds. The topological polar surface area (TPSA) is 35.8 Å². The van der Waals surface area contributed by atoms with Gasteiger partial charge in [0.25, 0.3) is 0 Å². The monoisotopic (exact) mass is 338 g/mol. The number of nitrogens with zero attached hydrogens (tertiary/aromatic N) is 1. The van der Waals surface area contributed by atoms with Gasteiger partial charge in [0.1, 0.15) is 17.4 Å². The lowest BCUT2D eigenvalue weighted by Gasteiger charge is -2.09. The first-order valence-corrected chi connectivity index (χ1v) is 6.65. The van der Waals surface area contributed by atoms with Crippen molar-refractivity contribution in [3.8, 4) is 6.07 Å². The highest BCUT2D eigenvalue weighted by atomic mass is 79.9. The summed E-state index contributed by atoms with van der Waals surface area (Å²) in [5, 5.41) is 12.6. The number of anilines is 1. The number of halogens is 3. The summed E-state index contributed by atoms with van der Waals surface area (Å²) in [6.45, 7) is 0.463.